The van der Waals surface area contributed by atoms with E-state index >= 15 is 0 Å². The number of rotatable bonds is 4. The van der Waals surface area contributed by atoms with E-state index in [0.717, 1.165) is 12.1 Å². The maximum atomic E-state index is 12.7. The fourth-order valence-electron chi connectivity index (χ4n) is 2.05. The number of aromatic nitrogens is 2. The van der Waals surface area contributed by atoms with Crippen molar-refractivity contribution in [3.8, 4) is 11.5 Å². The smallest absolute Gasteiger partial charge is 0.416 e. The Bertz CT molecular complexity index is 848. The van der Waals surface area contributed by atoms with Gasteiger partial charge in [0.15, 0.2) is 0 Å². The van der Waals surface area contributed by atoms with Crippen LogP contribution in [0.1, 0.15) is 11.5 Å². The van der Waals surface area contributed by atoms with E-state index in [0.29, 0.717) is 22.2 Å². The van der Waals surface area contributed by atoms with Gasteiger partial charge in [0.25, 0.3) is 0 Å². The number of anilines is 1. The molecule has 4 nitrogen and oxygen atoms in total. The molecule has 0 saturated carbocycles. The van der Waals surface area contributed by atoms with Crippen LogP contribution in [0.4, 0.5) is 18.9 Å². The first kappa shape index (κ1) is 16.3. The van der Waals surface area contributed by atoms with Crippen molar-refractivity contribution in [3.05, 3.63) is 65.0 Å². The molecule has 8 heteroatoms. The first-order chi connectivity index (χ1) is 11.4. The summed E-state index contributed by atoms with van der Waals surface area (Å²) in [5.74, 6) is 0.542. The SMILES string of the molecule is FC(F)(F)c1cccc(NCc2nnc(-c3cccc(Cl)c3)o2)c1. The molecule has 0 unspecified atom stereocenters. The summed E-state index contributed by atoms with van der Waals surface area (Å²) in [6.07, 6.45) is -4.39. The molecule has 0 amide bonds. The minimum Gasteiger partial charge on any atom is -0.419 e. The maximum absolute atomic E-state index is 12.7. The van der Waals surface area contributed by atoms with Crippen molar-refractivity contribution in [1.82, 2.24) is 10.2 Å². The quantitative estimate of drug-likeness (QED) is 0.715. The fourth-order valence-corrected chi connectivity index (χ4v) is 2.24. The molecule has 2 aromatic carbocycles. The zero-order valence-corrected chi connectivity index (χ0v) is 12.9. The molecular weight excluding hydrogens is 343 g/mol. The van der Waals surface area contributed by atoms with Crippen molar-refractivity contribution < 1.29 is 17.6 Å². The van der Waals surface area contributed by atoms with Gasteiger partial charge in [0.05, 0.1) is 12.1 Å². The van der Waals surface area contributed by atoms with Gasteiger partial charge in [-0.2, -0.15) is 13.2 Å². The Hall–Kier alpha value is -2.54. The zero-order chi connectivity index (χ0) is 17.2. The van der Waals surface area contributed by atoms with E-state index in [4.69, 9.17) is 16.0 Å². The summed E-state index contributed by atoms with van der Waals surface area (Å²) in [5.41, 5.74) is 0.255. The number of alkyl halides is 3. The Balaban J connectivity index is 1.70. The van der Waals surface area contributed by atoms with Crippen LogP contribution < -0.4 is 5.32 Å². The highest BCUT2D eigenvalue weighted by Gasteiger charge is 2.30. The van der Waals surface area contributed by atoms with Crippen molar-refractivity contribution in [1.29, 1.82) is 0 Å². The minimum atomic E-state index is -4.39. The molecule has 1 heterocycles. The van der Waals surface area contributed by atoms with E-state index in [9.17, 15) is 13.2 Å². The molecule has 1 N–H and O–H groups in total. The van der Waals surface area contributed by atoms with Crippen LogP contribution >= 0.6 is 11.6 Å². The van der Waals surface area contributed by atoms with Gasteiger partial charge in [-0.1, -0.05) is 23.7 Å². The van der Waals surface area contributed by atoms with Crippen molar-refractivity contribution in [2.24, 2.45) is 0 Å². The van der Waals surface area contributed by atoms with Gasteiger partial charge in [-0.3, -0.25) is 0 Å². The van der Waals surface area contributed by atoms with Crippen LogP contribution in [-0.2, 0) is 12.7 Å². The maximum Gasteiger partial charge on any atom is 0.416 e. The molecular formula is C16H11ClF3N3O. The lowest BCUT2D eigenvalue weighted by Crippen LogP contribution is -2.06. The predicted molar refractivity (Wildman–Crippen MR) is 83.5 cm³/mol. The molecule has 24 heavy (non-hydrogen) atoms. The number of nitrogens with one attached hydrogen (secondary N) is 1. The van der Waals surface area contributed by atoms with Crippen molar-refractivity contribution >= 4 is 17.3 Å². The van der Waals surface area contributed by atoms with Gasteiger partial charge < -0.3 is 9.73 Å². The highest BCUT2D eigenvalue weighted by Crippen LogP contribution is 2.30. The first-order valence-corrected chi connectivity index (χ1v) is 7.29. The first-order valence-electron chi connectivity index (χ1n) is 6.91. The highest BCUT2D eigenvalue weighted by molar-refractivity contribution is 6.30. The van der Waals surface area contributed by atoms with Gasteiger partial charge in [0.2, 0.25) is 11.8 Å². The Morgan fingerprint density at radius 2 is 1.83 bits per heavy atom. The van der Waals surface area contributed by atoms with Gasteiger partial charge in [-0.25, -0.2) is 0 Å². The van der Waals surface area contributed by atoms with Crippen molar-refractivity contribution in [2.45, 2.75) is 12.7 Å². The van der Waals surface area contributed by atoms with Crippen LogP contribution in [0.3, 0.4) is 0 Å². The Kier molecular flexibility index (Phi) is 4.44. The number of benzene rings is 2. The van der Waals surface area contributed by atoms with Gasteiger partial charge in [-0.15, -0.1) is 10.2 Å². The largest absolute Gasteiger partial charge is 0.419 e. The van der Waals surface area contributed by atoms with E-state index in [2.05, 4.69) is 15.5 Å². The molecule has 0 aliphatic heterocycles. The third kappa shape index (κ3) is 3.86. The minimum absolute atomic E-state index is 0.106. The second-order valence-electron chi connectivity index (χ2n) is 4.94. The molecule has 0 fully saturated rings. The number of hydrogen-bond acceptors (Lipinski definition) is 4. The molecule has 0 spiro atoms. The van der Waals surface area contributed by atoms with Crippen molar-refractivity contribution in [3.63, 3.8) is 0 Å². The van der Waals surface area contributed by atoms with E-state index in [-0.39, 0.29) is 12.4 Å². The van der Waals surface area contributed by atoms with Gasteiger partial charge in [-0.05, 0) is 36.4 Å². The molecule has 1 aromatic heterocycles. The standard InChI is InChI=1S/C16H11ClF3N3O/c17-12-5-1-3-10(7-12)15-23-22-14(24-15)9-21-13-6-2-4-11(8-13)16(18,19)20/h1-8,21H,9H2. The zero-order valence-electron chi connectivity index (χ0n) is 12.1. The summed E-state index contributed by atoms with van der Waals surface area (Å²) in [5, 5.41) is 11.1. The lowest BCUT2D eigenvalue weighted by Gasteiger charge is -2.09. The molecule has 0 bridgehead atoms. The number of nitrogens with zero attached hydrogens (tertiary/aromatic N) is 2. The third-order valence-corrected chi connectivity index (χ3v) is 3.41. The summed E-state index contributed by atoms with van der Waals surface area (Å²) in [7, 11) is 0. The normalized spacial score (nSPS) is 11.5. The average Bonchev–Trinajstić information content (AvgIpc) is 3.01. The summed E-state index contributed by atoms with van der Waals surface area (Å²) >= 11 is 5.90. The number of hydrogen-bond donors (Lipinski definition) is 1. The topological polar surface area (TPSA) is 51.0 Å². The van der Waals surface area contributed by atoms with Crippen LogP contribution in [0.25, 0.3) is 11.5 Å². The van der Waals surface area contributed by atoms with Crippen LogP contribution in [0.2, 0.25) is 5.02 Å². The average molecular weight is 354 g/mol. The molecule has 0 radical (unpaired) electrons. The van der Waals surface area contributed by atoms with E-state index in [1.54, 1.807) is 24.3 Å². The van der Waals surface area contributed by atoms with Crippen LogP contribution in [0.15, 0.2) is 52.9 Å². The second-order valence-corrected chi connectivity index (χ2v) is 5.38. The van der Waals surface area contributed by atoms with E-state index in [1.165, 1.54) is 12.1 Å². The summed E-state index contributed by atoms with van der Waals surface area (Å²) in [6, 6.07) is 11.8. The summed E-state index contributed by atoms with van der Waals surface area (Å²) < 4.78 is 43.5. The number of halogens is 4. The van der Waals surface area contributed by atoms with Crippen LogP contribution in [-0.4, -0.2) is 10.2 Å². The lowest BCUT2D eigenvalue weighted by atomic mass is 10.2. The molecule has 124 valence electrons. The van der Waals surface area contributed by atoms with Gasteiger partial charge in [0, 0.05) is 16.3 Å². The molecule has 0 saturated heterocycles. The Labute approximate surface area is 140 Å². The third-order valence-electron chi connectivity index (χ3n) is 3.17. The van der Waals surface area contributed by atoms with E-state index < -0.39 is 11.7 Å². The van der Waals surface area contributed by atoms with Gasteiger partial charge in [0.1, 0.15) is 0 Å². The molecule has 0 aliphatic rings. The fraction of sp³-hybridized carbons (Fsp3) is 0.125. The Morgan fingerprint density at radius 3 is 2.58 bits per heavy atom. The van der Waals surface area contributed by atoms with Crippen molar-refractivity contribution in [2.75, 3.05) is 5.32 Å². The summed E-state index contributed by atoms with van der Waals surface area (Å²) in [4.78, 5) is 0. The van der Waals surface area contributed by atoms with Crippen LogP contribution in [0.5, 0.6) is 0 Å². The lowest BCUT2D eigenvalue weighted by molar-refractivity contribution is -0.137. The monoisotopic (exact) mass is 353 g/mol. The highest BCUT2D eigenvalue weighted by atomic mass is 35.5. The second kappa shape index (κ2) is 6.52. The molecule has 0 aliphatic carbocycles. The van der Waals surface area contributed by atoms with Gasteiger partial charge >= 0.3 is 6.18 Å². The van der Waals surface area contributed by atoms with Crippen LogP contribution in [0, 0.1) is 0 Å². The van der Waals surface area contributed by atoms with E-state index in [1.807, 2.05) is 0 Å². The molecule has 3 aromatic rings. The summed E-state index contributed by atoms with van der Waals surface area (Å²) in [6.45, 7) is 0.106. The molecule has 0 atom stereocenters. The molecule has 3 rings (SSSR count). The Morgan fingerprint density at radius 1 is 1.04 bits per heavy atom. The predicted octanol–water partition coefficient (Wildman–Crippen LogP) is 5.02.